The zero-order valence-corrected chi connectivity index (χ0v) is 14.9. The molecule has 2 aromatic rings. The molecule has 1 amide bonds. The molecule has 0 aromatic heterocycles. The van der Waals surface area contributed by atoms with Crippen LogP contribution < -0.4 is 9.64 Å². The number of aliphatic hydroxyl groups is 1. The molecular weight excluding hydrogens is 375 g/mol. The van der Waals surface area contributed by atoms with Crippen molar-refractivity contribution in [3.63, 3.8) is 0 Å². The van der Waals surface area contributed by atoms with Crippen molar-refractivity contribution < 1.29 is 32.6 Å². The lowest BCUT2D eigenvalue weighted by atomic mass is 9.96. The monoisotopic (exact) mass is 391 g/mol. The number of alkyl halides is 3. The molecule has 0 spiro atoms. The number of benzene rings is 2. The summed E-state index contributed by atoms with van der Waals surface area (Å²) in [4.78, 5) is 25.7. The van der Waals surface area contributed by atoms with Gasteiger partial charge in [0.25, 0.3) is 5.91 Å². The third-order valence-electron chi connectivity index (χ3n) is 4.47. The summed E-state index contributed by atoms with van der Waals surface area (Å²) in [6.45, 7) is 1.19. The summed E-state index contributed by atoms with van der Waals surface area (Å²) in [6.07, 6.45) is -4.60. The van der Waals surface area contributed by atoms with E-state index in [0.29, 0.717) is 11.3 Å². The van der Waals surface area contributed by atoms with E-state index in [-0.39, 0.29) is 11.3 Å². The van der Waals surface area contributed by atoms with Crippen LogP contribution >= 0.6 is 0 Å². The van der Waals surface area contributed by atoms with Gasteiger partial charge in [-0.15, -0.1) is 0 Å². The lowest BCUT2D eigenvalue weighted by Gasteiger charge is -2.27. The fourth-order valence-electron chi connectivity index (χ4n) is 3.16. The molecule has 0 fully saturated rings. The highest BCUT2D eigenvalue weighted by atomic mass is 19.4. The summed E-state index contributed by atoms with van der Waals surface area (Å²) in [6, 6.07) is 9.47. The highest BCUT2D eigenvalue weighted by molar-refractivity contribution is 6.16. The molecule has 0 unspecified atom stereocenters. The first-order chi connectivity index (χ1) is 13.1. The van der Waals surface area contributed by atoms with Crippen molar-refractivity contribution in [1.29, 1.82) is 0 Å². The summed E-state index contributed by atoms with van der Waals surface area (Å²) in [5, 5.41) is 10.2. The first-order valence-electron chi connectivity index (χ1n) is 8.24. The number of methoxy groups -OCH3 is 1. The van der Waals surface area contributed by atoms with E-state index in [4.69, 9.17) is 4.74 Å². The third-order valence-corrected chi connectivity index (χ3v) is 4.47. The molecule has 5 nitrogen and oxygen atoms in total. The van der Waals surface area contributed by atoms with Crippen molar-refractivity contribution >= 4 is 17.4 Å². The topological polar surface area (TPSA) is 66.8 Å². The van der Waals surface area contributed by atoms with Crippen LogP contribution in [0, 0.1) is 0 Å². The molecule has 1 heterocycles. The standard InChI is InChI=1S/C20H16F3NO4/c1-11(25)16-17(12-6-8-15(28-2)9-7-12)24(19(27)18(16)26)14-5-3-4-13(10-14)20(21,22)23/h3-10,17,26H,1-2H3/t17-/m0/s1. The molecule has 0 saturated heterocycles. The number of halogens is 3. The molecular formula is C20H16F3NO4. The molecule has 1 aliphatic rings. The van der Waals surface area contributed by atoms with Gasteiger partial charge < -0.3 is 9.84 Å². The van der Waals surface area contributed by atoms with Gasteiger partial charge in [-0.2, -0.15) is 13.2 Å². The van der Waals surface area contributed by atoms with Crippen LogP contribution in [0.1, 0.15) is 24.1 Å². The van der Waals surface area contributed by atoms with Crippen molar-refractivity contribution in [2.24, 2.45) is 0 Å². The van der Waals surface area contributed by atoms with Crippen molar-refractivity contribution in [3.05, 3.63) is 71.0 Å². The van der Waals surface area contributed by atoms with Gasteiger partial charge in [-0.05, 0) is 42.8 Å². The minimum atomic E-state index is -4.60. The molecule has 0 radical (unpaired) electrons. The fourth-order valence-corrected chi connectivity index (χ4v) is 3.16. The van der Waals surface area contributed by atoms with Gasteiger partial charge in [-0.1, -0.05) is 18.2 Å². The molecule has 0 saturated carbocycles. The lowest BCUT2D eigenvalue weighted by Crippen LogP contribution is -2.31. The number of Topliss-reactive ketones (excluding diaryl/α,β-unsaturated/α-hetero) is 1. The van der Waals surface area contributed by atoms with Crippen molar-refractivity contribution in [1.82, 2.24) is 0 Å². The Morgan fingerprint density at radius 1 is 1.14 bits per heavy atom. The fraction of sp³-hybridized carbons (Fsp3) is 0.200. The van der Waals surface area contributed by atoms with Crippen LogP contribution in [0.25, 0.3) is 0 Å². The number of carbonyl (C=O) groups excluding carboxylic acids is 2. The zero-order chi connectivity index (χ0) is 20.6. The number of ketones is 1. The second-order valence-electron chi connectivity index (χ2n) is 6.22. The molecule has 146 valence electrons. The summed E-state index contributed by atoms with van der Waals surface area (Å²) in [5.74, 6) is -1.74. The quantitative estimate of drug-likeness (QED) is 0.848. The number of aliphatic hydroxyl groups excluding tert-OH is 1. The first-order valence-corrected chi connectivity index (χ1v) is 8.24. The largest absolute Gasteiger partial charge is 0.503 e. The normalized spacial score (nSPS) is 17.2. The first kappa shape index (κ1) is 19.5. The molecule has 28 heavy (non-hydrogen) atoms. The van der Waals surface area contributed by atoms with Crippen LogP contribution in [0.5, 0.6) is 5.75 Å². The average Bonchev–Trinajstić information content (AvgIpc) is 2.92. The Morgan fingerprint density at radius 3 is 2.32 bits per heavy atom. The Morgan fingerprint density at radius 2 is 1.79 bits per heavy atom. The molecule has 1 aliphatic heterocycles. The van der Waals surface area contributed by atoms with Crippen molar-refractivity contribution in [2.75, 3.05) is 12.0 Å². The van der Waals surface area contributed by atoms with Gasteiger partial charge in [-0.3, -0.25) is 14.5 Å². The molecule has 2 aromatic carbocycles. The molecule has 0 aliphatic carbocycles. The van der Waals surface area contributed by atoms with E-state index < -0.39 is 35.2 Å². The van der Waals surface area contributed by atoms with Gasteiger partial charge in [0.2, 0.25) is 0 Å². The maximum Gasteiger partial charge on any atom is 0.416 e. The molecule has 1 atom stereocenters. The number of anilines is 1. The molecule has 8 heteroatoms. The van der Waals surface area contributed by atoms with Crippen LogP contribution in [0.2, 0.25) is 0 Å². The van der Waals surface area contributed by atoms with Crippen LogP contribution in [-0.2, 0) is 15.8 Å². The van der Waals surface area contributed by atoms with E-state index >= 15 is 0 Å². The summed E-state index contributed by atoms with van der Waals surface area (Å²) in [5.41, 5.74) is -0.751. The van der Waals surface area contributed by atoms with E-state index in [1.807, 2.05) is 0 Å². The predicted molar refractivity (Wildman–Crippen MR) is 95.0 cm³/mol. The summed E-state index contributed by atoms with van der Waals surface area (Å²) < 4.78 is 44.4. The highest BCUT2D eigenvalue weighted by Crippen LogP contribution is 2.42. The van der Waals surface area contributed by atoms with Gasteiger partial charge in [0, 0.05) is 5.69 Å². The molecule has 1 N–H and O–H groups in total. The van der Waals surface area contributed by atoms with Gasteiger partial charge in [-0.25, -0.2) is 0 Å². The smallest absolute Gasteiger partial charge is 0.416 e. The average molecular weight is 391 g/mol. The van der Waals surface area contributed by atoms with Crippen LogP contribution in [-0.4, -0.2) is 23.9 Å². The Bertz CT molecular complexity index is 964. The van der Waals surface area contributed by atoms with Gasteiger partial charge in [0.1, 0.15) is 5.75 Å². The number of nitrogens with zero attached hydrogens (tertiary/aromatic N) is 1. The minimum Gasteiger partial charge on any atom is -0.503 e. The SMILES string of the molecule is COc1ccc([C@H]2C(C(C)=O)=C(O)C(=O)N2c2cccc(C(F)(F)F)c2)cc1. The van der Waals surface area contributed by atoms with E-state index in [1.165, 1.54) is 26.2 Å². The van der Waals surface area contributed by atoms with E-state index in [1.54, 1.807) is 24.3 Å². The van der Waals surface area contributed by atoms with E-state index in [2.05, 4.69) is 0 Å². The van der Waals surface area contributed by atoms with Gasteiger partial charge in [0.15, 0.2) is 11.5 Å². The Balaban J connectivity index is 2.16. The zero-order valence-electron chi connectivity index (χ0n) is 14.9. The molecule has 3 rings (SSSR count). The highest BCUT2D eigenvalue weighted by Gasteiger charge is 2.44. The number of rotatable bonds is 4. The second kappa shape index (κ2) is 7.03. The number of hydrogen-bond donors (Lipinski definition) is 1. The Hall–Kier alpha value is -3.29. The molecule has 0 bridgehead atoms. The maximum atomic E-state index is 13.1. The number of amides is 1. The van der Waals surface area contributed by atoms with Crippen LogP contribution in [0.4, 0.5) is 18.9 Å². The Labute approximate surface area is 158 Å². The van der Waals surface area contributed by atoms with Crippen molar-refractivity contribution in [2.45, 2.75) is 19.1 Å². The van der Waals surface area contributed by atoms with E-state index in [9.17, 15) is 27.9 Å². The number of carbonyl (C=O) groups is 2. The Kier molecular flexibility index (Phi) is 4.89. The van der Waals surface area contributed by atoms with Crippen LogP contribution in [0.15, 0.2) is 59.9 Å². The maximum absolute atomic E-state index is 13.1. The second-order valence-corrected chi connectivity index (χ2v) is 6.22. The number of hydrogen-bond acceptors (Lipinski definition) is 4. The lowest BCUT2D eigenvalue weighted by molar-refractivity contribution is -0.137. The van der Waals surface area contributed by atoms with E-state index in [0.717, 1.165) is 17.0 Å². The number of ether oxygens (including phenoxy) is 1. The third kappa shape index (κ3) is 3.33. The summed E-state index contributed by atoms with van der Waals surface area (Å²) in [7, 11) is 1.47. The minimum absolute atomic E-state index is 0.0801. The van der Waals surface area contributed by atoms with Gasteiger partial charge >= 0.3 is 6.18 Å². The van der Waals surface area contributed by atoms with Gasteiger partial charge in [0.05, 0.1) is 24.3 Å². The summed E-state index contributed by atoms with van der Waals surface area (Å²) >= 11 is 0. The predicted octanol–water partition coefficient (Wildman–Crippen LogP) is 4.20. The van der Waals surface area contributed by atoms with Crippen LogP contribution in [0.3, 0.4) is 0 Å². The van der Waals surface area contributed by atoms with Crippen molar-refractivity contribution in [3.8, 4) is 5.75 Å².